The Balaban J connectivity index is 1.83. The van der Waals surface area contributed by atoms with Crippen molar-refractivity contribution in [3.05, 3.63) is 52.8 Å². The van der Waals surface area contributed by atoms with E-state index in [1.54, 1.807) is 0 Å². The summed E-state index contributed by atoms with van der Waals surface area (Å²) in [7, 11) is 0. The second-order valence-corrected chi connectivity index (χ2v) is 5.82. The summed E-state index contributed by atoms with van der Waals surface area (Å²) in [6.45, 7) is 5.37. The maximum Gasteiger partial charge on any atom is 0.0489 e. The minimum atomic E-state index is 0.352. The van der Waals surface area contributed by atoms with Gasteiger partial charge in [0.15, 0.2) is 0 Å². The first-order valence-electron chi connectivity index (χ1n) is 6.64. The summed E-state index contributed by atoms with van der Waals surface area (Å²) in [6.07, 6.45) is 4.90. The van der Waals surface area contributed by atoms with Gasteiger partial charge < -0.3 is 5.32 Å². The highest BCUT2D eigenvalue weighted by Crippen LogP contribution is 2.18. The number of aryl methyl sites for hydroxylation is 1. The number of rotatable bonds is 6. The van der Waals surface area contributed by atoms with Crippen molar-refractivity contribution in [3.63, 3.8) is 0 Å². The maximum atomic E-state index is 4.22. The standard InChI is InChI=1S/C15H20BrN3/c1-12(7-10-19-9-4-8-17-19)18-13(2)14-5-3-6-15(16)11-14/h3-6,8-9,11-13,18H,7,10H2,1-2H3. The molecule has 102 valence electrons. The van der Waals surface area contributed by atoms with Crippen LogP contribution >= 0.6 is 15.9 Å². The van der Waals surface area contributed by atoms with Gasteiger partial charge in [0.05, 0.1) is 0 Å². The van der Waals surface area contributed by atoms with Crippen molar-refractivity contribution >= 4 is 15.9 Å². The molecule has 2 unspecified atom stereocenters. The van der Waals surface area contributed by atoms with Crippen LogP contribution in [0.3, 0.4) is 0 Å². The van der Waals surface area contributed by atoms with Crippen molar-refractivity contribution in [2.45, 2.75) is 38.9 Å². The molecule has 0 aliphatic rings. The fourth-order valence-corrected chi connectivity index (χ4v) is 2.56. The van der Waals surface area contributed by atoms with E-state index in [9.17, 15) is 0 Å². The van der Waals surface area contributed by atoms with Crippen LogP contribution in [0.1, 0.15) is 31.9 Å². The van der Waals surface area contributed by atoms with Crippen molar-refractivity contribution in [3.8, 4) is 0 Å². The summed E-state index contributed by atoms with van der Waals surface area (Å²) in [5, 5.41) is 7.84. The molecule has 2 rings (SSSR count). The molecule has 2 atom stereocenters. The van der Waals surface area contributed by atoms with Gasteiger partial charge in [-0.3, -0.25) is 4.68 Å². The van der Waals surface area contributed by atoms with Crippen LogP contribution in [0.4, 0.5) is 0 Å². The number of aromatic nitrogens is 2. The number of benzene rings is 1. The van der Waals surface area contributed by atoms with E-state index < -0.39 is 0 Å². The molecule has 3 nitrogen and oxygen atoms in total. The molecule has 1 N–H and O–H groups in total. The summed E-state index contributed by atoms with van der Waals surface area (Å²) in [5.41, 5.74) is 1.31. The minimum absolute atomic E-state index is 0.352. The molecule has 0 spiro atoms. The van der Waals surface area contributed by atoms with Crippen molar-refractivity contribution in [2.75, 3.05) is 0 Å². The summed E-state index contributed by atoms with van der Waals surface area (Å²) in [5.74, 6) is 0. The number of hydrogen-bond donors (Lipinski definition) is 1. The smallest absolute Gasteiger partial charge is 0.0489 e. The normalized spacial score (nSPS) is 14.3. The Hall–Kier alpha value is -1.13. The second kappa shape index (κ2) is 6.87. The summed E-state index contributed by atoms with van der Waals surface area (Å²) in [6, 6.07) is 11.2. The molecule has 1 aromatic carbocycles. The van der Waals surface area contributed by atoms with Gasteiger partial charge >= 0.3 is 0 Å². The van der Waals surface area contributed by atoms with E-state index >= 15 is 0 Å². The molecule has 0 saturated heterocycles. The first-order valence-corrected chi connectivity index (χ1v) is 7.43. The Bertz CT molecular complexity index is 496. The van der Waals surface area contributed by atoms with Crippen LogP contribution in [0.2, 0.25) is 0 Å². The van der Waals surface area contributed by atoms with E-state index in [1.807, 2.05) is 23.1 Å². The van der Waals surface area contributed by atoms with E-state index in [4.69, 9.17) is 0 Å². The predicted octanol–water partition coefficient (Wildman–Crippen LogP) is 3.78. The molecule has 0 amide bonds. The number of hydrogen-bond acceptors (Lipinski definition) is 2. The van der Waals surface area contributed by atoms with Crippen LogP contribution in [0.25, 0.3) is 0 Å². The monoisotopic (exact) mass is 321 g/mol. The van der Waals surface area contributed by atoms with Crippen LogP contribution in [0, 0.1) is 0 Å². The summed E-state index contributed by atoms with van der Waals surface area (Å²) in [4.78, 5) is 0. The van der Waals surface area contributed by atoms with E-state index in [1.165, 1.54) is 5.56 Å². The van der Waals surface area contributed by atoms with Crippen LogP contribution in [0.5, 0.6) is 0 Å². The van der Waals surface area contributed by atoms with Crippen molar-refractivity contribution < 1.29 is 0 Å². The van der Waals surface area contributed by atoms with Gasteiger partial charge in [0, 0.05) is 35.5 Å². The zero-order chi connectivity index (χ0) is 13.7. The zero-order valence-electron chi connectivity index (χ0n) is 11.4. The van der Waals surface area contributed by atoms with Gasteiger partial charge in [-0.05, 0) is 44.0 Å². The maximum absolute atomic E-state index is 4.22. The molecule has 0 saturated carbocycles. The lowest BCUT2D eigenvalue weighted by atomic mass is 10.1. The molecular weight excluding hydrogens is 302 g/mol. The first kappa shape index (κ1) is 14.3. The SMILES string of the molecule is CC(CCn1cccn1)NC(C)c1cccc(Br)c1. The highest BCUT2D eigenvalue weighted by atomic mass is 79.9. The van der Waals surface area contributed by atoms with E-state index in [0.717, 1.165) is 17.4 Å². The zero-order valence-corrected chi connectivity index (χ0v) is 13.0. The molecule has 19 heavy (non-hydrogen) atoms. The van der Waals surface area contributed by atoms with Crippen LogP contribution in [-0.4, -0.2) is 15.8 Å². The third-order valence-electron chi connectivity index (χ3n) is 3.23. The van der Waals surface area contributed by atoms with Crippen molar-refractivity contribution in [1.29, 1.82) is 0 Å². The van der Waals surface area contributed by atoms with Gasteiger partial charge in [-0.25, -0.2) is 0 Å². The third kappa shape index (κ3) is 4.48. The fraction of sp³-hybridized carbons (Fsp3) is 0.400. The van der Waals surface area contributed by atoms with Gasteiger partial charge in [0.2, 0.25) is 0 Å². The molecule has 4 heteroatoms. The third-order valence-corrected chi connectivity index (χ3v) is 3.73. The van der Waals surface area contributed by atoms with E-state index in [2.05, 4.69) is 64.5 Å². The second-order valence-electron chi connectivity index (χ2n) is 4.90. The molecule has 0 radical (unpaired) electrons. The Morgan fingerprint density at radius 3 is 2.84 bits per heavy atom. The molecular formula is C15H20BrN3. The van der Waals surface area contributed by atoms with Crippen LogP contribution in [-0.2, 0) is 6.54 Å². The Morgan fingerprint density at radius 2 is 2.16 bits per heavy atom. The largest absolute Gasteiger partial charge is 0.308 e. The molecule has 0 bridgehead atoms. The lowest BCUT2D eigenvalue weighted by Crippen LogP contribution is -2.30. The summed E-state index contributed by atoms with van der Waals surface area (Å²) >= 11 is 3.51. The van der Waals surface area contributed by atoms with Gasteiger partial charge in [-0.2, -0.15) is 5.10 Å². The average molecular weight is 322 g/mol. The molecule has 2 aromatic rings. The van der Waals surface area contributed by atoms with Gasteiger partial charge in [-0.1, -0.05) is 28.1 Å². The number of nitrogens with one attached hydrogen (secondary N) is 1. The molecule has 1 heterocycles. The van der Waals surface area contributed by atoms with Crippen molar-refractivity contribution in [2.24, 2.45) is 0 Å². The van der Waals surface area contributed by atoms with Gasteiger partial charge in [-0.15, -0.1) is 0 Å². The highest BCUT2D eigenvalue weighted by molar-refractivity contribution is 9.10. The first-order chi connectivity index (χ1) is 9.15. The topological polar surface area (TPSA) is 29.9 Å². The molecule has 0 aliphatic heterocycles. The van der Waals surface area contributed by atoms with E-state index in [-0.39, 0.29) is 0 Å². The van der Waals surface area contributed by atoms with Crippen LogP contribution in [0.15, 0.2) is 47.2 Å². The molecule has 0 fully saturated rings. The highest BCUT2D eigenvalue weighted by Gasteiger charge is 2.09. The summed E-state index contributed by atoms with van der Waals surface area (Å²) < 4.78 is 3.10. The minimum Gasteiger partial charge on any atom is -0.308 e. The fourth-order valence-electron chi connectivity index (χ4n) is 2.14. The lowest BCUT2D eigenvalue weighted by Gasteiger charge is -2.20. The Kier molecular flexibility index (Phi) is 5.16. The quantitative estimate of drug-likeness (QED) is 0.877. The Labute approximate surface area is 123 Å². The Morgan fingerprint density at radius 1 is 1.32 bits per heavy atom. The van der Waals surface area contributed by atoms with E-state index in [0.29, 0.717) is 12.1 Å². The van der Waals surface area contributed by atoms with Crippen molar-refractivity contribution in [1.82, 2.24) is 15.1 Å². The average Bonchev–Trinajstić information content (AvgIpc) is 2.89. The molecule has 0 aliphatic carbocycles. The number of halogens is 1. The predicted molar refractivity (Wildman–Crippen MR) is 82.0 cm³/mol. The lowest BCUT2D eigenvalue weighted by molar-refractivity contribution is 0.421. The van der Waals surface area contributed by atoms with Gasteiger partial charge in [0.25, 0.3) is 0 Å². The molecule has 1 aromatic heterocycles. The van der Waals surface area contributed by atoms with Crippen LogP contribution < -0.4 is 5.32 Å². The number of nitrogens with zero attached hydrogens (tertiary/aromatic N) is 2. The van der Waals surface area contributed by atoms with Gasteiger partial charge in [0.1, 0.15) is 0 Å².